The molecule has 3 aromatic rings. The molecule has 0 spiro atoms. The third kappa shape index (κ3) is 4.44. The van der Waals surface area contributed by atoms with Gasteiger partial charge in [-0.15, -0.1) is 0 Å². The van der Waals surface area contributed by atoms with Gasteiger partial charge in [-0.2, -0.15) is 13.2 Å². The molecule has 0 aliphatic carbocycles. The number of hydrogen-bond acceptors (Lipinski definition) is 1. The summed E-state index contributed by atoms with van der Waals surface area (Å²) in [6.45, 7) is -7.28. The number of alkyl halides is 3. The number of halogens is 3. The number of hydrogen-bond donors (Lipinski definition) is 1. The maximum atomic E-state index is 13.6. The first-order chi connectivity index (χ1) is 17.9. The van der Waals surface area contributed by atoms with Gasteiger partial charge in [-0.25, -0.2) is 0 Å². The Balaban J connectivity index is 2.26. The van der Waals surface area contributed by atoms with E-state index in [0.29, 0.717) is 5.39 Å². The number of nitrogens with one attached hydrogen (secondary N) is 1. The highest BCUT2D eigenvalue weighted by Gasteiger charge is 2.30. The highest BCUT2D eigenvalue weighted by molar-refractivity contribution is 5.86. The fraction of sp³-hybridized carbons (Fsp3) is 0.273. The van der Waals surface area contributed by atoms with Crippen LogP contribution in [0.1, 0.15) is 55.1 Å². The van der Waals surface area contributed by atoms with E-state index in [0.717, 1.165) is 0 Å². The molecule has 3 rings (SSSR count). The molecule has 0 bridgehead atoms. The van der Waals surface area contributed by atoms with Crippen molar-refractivity contribution in [3.05, 3.63) is 83.3 Å². The van der Waals surface area contributed by atoms with Gasteiger partial charge in [0.05, 0.1) is 12.4 Å². The Morgan fingerprint density at radius 3 is 2.81 bits per heavy atom. The zero-order valence-corrected chi connectivity index (χ0v) is 13.2. The standard InChI is InChI=1S/C22H22F3N/c1-16(20-13-5-10-18-9-2-3-12-21(18)20)26-14-6-8-17-7-4-11-19(15-17)22(23,24)25/h2-5,7,9-13,15-16,26H,6,8,14H2,1H3/t16-/m1/s1/i1D3,4D,6D2,7D,8D2,11D,14D2,15D,16D. The van der Waals surface area contributed by atoms with Crippen LogP contribution in [-0.2, 0) is 12.5 Å². The van der Waals surface area contributed by atoms with Gasteiger partial charge in [0.15, 0.2) is 0 Å². The van der Waals surface area contributed by atoms with E-state index in [9.17, 15) is 13.2 Å². The van der Waals surface area contributed by atoms with Crippen molar-refractivity contribution in [2.75, 3.05) is 6.50 Å². The van der Waals surface area contributed by atoms with E-state index in [-0.39, 0.29) is 10.9 Å². The van der Waals surface area contributed by atoms with Crippen molar-refractivity contribution in [2.24, 2.45) is 0 Å². The second-order valence-electron chi connectivity index (χ2n) is 5.15. The molecular weight excluding hydrogens is 335 g/mol. The molecule has 0 aromatic heterocycles. The van der Waals surface area contributed by atoms with Crippen LogP contribution < -0.4 is 5.32 Å². The summed E-state index contributed by atoms with van der Waals surface area (Å²) in [7, 11) is 0. The normalized spacial score (nSPS) is 24.3. The van der Waals surface area contributed by atoms with Crippen LogP contribution in [0.4, 0.5) is 13.2 Å². The lowest BCUT2D eigenvalue weighted by Gasteiger charge is -2.17. The van der Waals surface area contributed by atoms with Gasteiger partial charge in [0.2, 0.25) is 0 Å². The molecule has 3 aromatic carbocycles. The van der Waals surface area contributed by atoms with Crippen molar-refractivity contribution in [3.63, 3.8) is 0 Å². The van der Waals surface area contributed by atoms with E-state index in [1.165, 1.54) is 24.3 Å². The zero-order chi connectivity index (χ0) is 30.9. The molecule has 0 aliphatic rings. The molecular formula is C22H22F3N. The molecule has 0 saturated carbocycles. The maximum Gasteiger partial charge on any atom is 0.416 e. The molecule has 0 heterocycles. The predicted octanol–water partition coefficient (Wildman–Crippen LogP) is 6.14. The highest BCUT2D eigenvalue weighted by Crippen LogP contribution is 2.29. The summed E-state index contributed by atoms with van der Waals surface area (Å²) in [5.41, 5.74) is -4.12. The summed E-state index contributed by atoms with van der Waals surface area (Å²) >= 11 is 0. The van der Waals surface area contributed by atoms with E-state index in [1.807, 2.05) is 0 Å². The van der Waals surface area contributed by atoms with Crippen LogP contribution in [0.25, 0.3) is 10.8 Å². The lowest BCUT2D eigenvalue weighted by molar-refractivity contribution is -0.137. The molecule has 136 valence electrons. The summed E-state index contributed by atoms with van der Waals surface area (Å²) in [6.07, 6.45) is -13.5. The van der Waals surface area contributed by atoms with Gasteiger partial charge in [-0.3, -0.25) is 0 Å². The van der Waals surface area contributed by atoms with E-state index in [1.54, 1.807) is 23.5 Å². The highest BCUT2D eigenvalue weighted by atomic mass is 19.4. The van der Waals surface area contributed by atoms with Gasteiger partial charge in [0.25, 0.3) is 0 Å². The number of rotatable bonds is 6. The summed E-state index contributed by atoms with van der Waals surface area (Å²) in [5.74, 6) is 0. The first-order valence-corrected chi connectivity index (χ1v) is 7.39. The van der Waals surface area contributed by atoms with Crippen LogP contribution in [0.5, 0.6) is 0 Å². The predicted molar refractivity (Wildman–Crippen MR) is 100 cm³/mol. The topological polar surface area (TPSA) is 12.0 Å². The molecule has 0 radical (unpaired) electrons. The van der Waals surface area contributed by atoms with E-state index in [2.05, 4.69) is 0 Å². The van der Waals surface area contributed by atoms with Crippen LogP contribution in [-0.4, -0.2) is 6.50 Å². The lowest BCUT2D eigenvalue weighted by atomic mass is 9.99. The Morgan fingerprint density at radius 1 is 1.19 bits per heavy atom. The fourth-order valence-corrected chi connectivity index (χ4v) is 2.25. The SMILES string of the molecule is [2H]c1c([2H])c(C(F)(F)F)c([2H])c(C([2H])([2H])C([2H])([2H])C([2H])([2H])N[C@@]([2H])(c2cccc3ccccc23)C([2H])([2H])[2H])c1[2H]. The molecule has 1 atom stereocenters. The molecule has 1 N–H and O–H groups in total. The Labute approximate surface area is 171 Å². The monoisotopic (exact) mass is 371 g/mol. The van der Waals surface area contributed by atoms with Crippen molar-refractivity contribution in [2.45, 2.75) is 31.8 Å². The molecule has 0 unspecified atom stereocenters. The van der Waals surface area contributed by atoms with Gasteiger partial charge in [-0.1, -0.05) is 60.6 Å². The number of benzene rings is 3. The molecule has 4 heteroatoms. The minimum Gasteiger partial charge on any atom is -0.310 e. The lowest BCUT2D eigenvalue weighted by Crippen LogP contribution is -2.20. The maximum absolute atomic E-state index is 13.6. The van der Waals surface area contributed by atoms with Crippen molar-refractivity contribution in [1.82, 2.24) is 5.32 Å². The molecule has 1 nitrogen and oxygen atoms in total. The van der Waals surface area contributed by atoms with Crippen LogP contribution >= 0.6 is 0 Å². The molecule has 26 heavy (non-hydrogen) atoms. The third-order valence-electron chi connectivity index (χ3n) is 3.40. The fourth-order valence-electron chi connectivity index (χ4n) is 2.25. The van der Waals surface area contributed by atoms with Gasteiger partial charge in [0, 0.05) is 18.4 Å². The van der Waals surface area contributed by atoms with Crippen molar-refractivity contribution in [1.29, 1.82) is 0 Å². The molecule has 0 fully saturated rings. The Kier molecular flexibility index (Phi) is 2.35. The van der Waals surface area contributed by atoms with E-state index >= 15 is 0 Å². The smallest absolute Gasteiger partial charge is 0.310 e. The van der Waals surface area contributed by atoms with Gasteiger partial charge in [-0.05, 0) is 54.0 Å². The van der Waals surface area contributed by atoms with Crippen LogP contribution in [0.3, 0.4) is 0 Å². The quantitative estimate of drug-likeness (QED) is 0.548. The first-order valence-electron chi connectivity index (χ1n) is 14.4. The Hall–Kier alpha value is -2.33. The molecule has 0 aliphatic heterocycles. The third-order valence-corrected chi connectivity index (χ3v) is 3.40. The molecule has 0 amide bonds. The van der Waals surface area contributed by atoms with Gasteiger partial charge in [0.1, 0.15) is 0 Å². The van der Waals surface area contributed by atoms with Crippen molar-refractivity contribution < 1.29 is 32.4 Å². The van der Waals surface area contributed by atoms with Crippen LogP contribution in [0.2, 0.25) is 0 Å². The second kappa shape index (κ2) is 7.92. The van der Waals surface area contributed by atoms with E-state index < -0.39 is 73.6 Å². The average molecular weight is 372 g/mol. The van der Waals surface area contributed by atoms with Crippen LogP contribution in [0, 0.1) is 0 Å². The van der Waals surface area contributed by atoms with Crippen molar-refractivity contribution >= 4 is 10.8 Å². The second-order valence-corrected chi connectivity index (χ2v) is 5.15. The van der Waals surface area contributed by atoms with Crippen LogP contribution in [0.15, 0.2) is 66.6 Å². The minimum absolute atomic E-state index is 0.171. The summed E-state index contributed by atoms with van der Waals surface area (Å²) in [4.78, 5) is 0. The Bertz CT molecular complexity index is 1450. The summed E-state index contributed by atoms with van der Waals surface area (Å²) in [6, 6.07) is 0.719. The van der Waals surface area contributed by atoms with Crippen molar-refractivity contribution in [3.8, 4) is 0 Å². The number of fused-ring (bicyclic) bond motifs is 1. The van der Waals surface area contributed by atoms with Gasteiger partial charge < -0.3 is 5.32 Å². The summed E-state index contributed by atoms with van der Waals surface area (Å²) in [5, 5.41) is 2.35. The largest absolute Gasteiger partial charge is 0.416 e. The first kappa shape index (κ1) is 7.73. The zero-order valence-electron chi connectivity index (χ0n) is 27.2. The average Bonchev–Trinajstić information content (AvgIpc) is 2.80. The minimum atomic E-state index is -5.47. The summed E-state index contributed by atoms with van der Waals surface area (Å²) < 4.78 is 155. The molecule has 0 saturated heterocycles. The Morgan fingerprint density at radius 2 is 2.00 bits per heavy atom. The van der Waals surface area contributed by atoms with E-state index in [4.69, 9.17) is 19.2 Å². The van der Waals surface area contributed by atoms with Gasteiger partial charge >= 0.3 is 6.18 Å².